The Morgan fingerprint density at radius 1 is 1.33 bits per heavy atom. The molecule has 0 aliphatic carbocycles. The lowest BCUT2D eigenvalue weighted by atomic mass is 9.92. The Bertz CT molecular complexity index is 271. The second-order valence-electron chi connectivity index (χ2n) is 4.43. The van der Waals surface area contributed by atoms with Gasteiger partial charge in [-0.3, -0.25) is 9.59 Å². The maximum Gasteiger partial charge on any atom is 0.230 e. The fourth-order valence-electron chi connectivity index (χ4n) is 2.43. The highest BCUT2D eigenvalue weighted by Gasteiger charge is 2.34. The van der Waals surface area contributed by atoms with Crippen LogP contribution in [-0.2, 0) is 14.3 Å². The summed E-state index contributed by atoms with van der Waals surface area (Å²) in [7, 11) is 0. The maximum absolute atomic E-state index is 11.5. The predicted molar refractivity (Wildman–Crippen MR) is 54.3 cm³/mol. The van der Waals surface area contributed by atoms with Gasteiger partial charge in [0.15, 0.2) is 5.78 Å². The number of carbonyl (C=O) groups excluding carboxylic acids is 2. The van der Waals surface area contributed by atoms with Gasteiger partial charge in [-0.05, 0) is 25.7 Å². The molecule has 1 atom stereocenters. The number of likely N-dealkylation sites (tertiary alicyclic amines) is 1. The number of amides is 1. The molecule has 1 amide bonds. The monoisotopic (exact) mass is 211 g/mol. The van der Waals surface area contributed by atoms with Gasteiger partial charge in [-0.1, -0.05) is 0 Å². The molecule has 2 aliphatic heterocycles. The smallest absolute Gasteiger partial charge is 0.230 e. The van der Waals surface area contributed by atoms with E-state index in [2.05, 4.69) is 0 Å². The third-order valence-electron chi connectivity index (χ3n) is 3.46. The van der Waals surface area contributed by atoms with Gasteiger partial charge in [-0.2, -0.15) is 0 Å². The average Bonchev–Trinajstić information content (AvgIpc) is 2.58. The van der Waals surface area contributed by atoms with Gasteiger partial charge in [0.1, 0.15) is 0 Å². The molecular formula is C11H17NO3. The van der Waals surface area contributed by atoms with E-state index in [-0.39, 0.29) is 24.2 Å². The first kappa shape index (κ1) is 10.6. The van der Waals surface area contributed by atoms with Crippen molar-refractivity contribution in [2.24, 2.45) is 5.92 Å². The highest BCUT2D eigenvalue weighted by atomic mass is 16.5. The molecule has 4 nitrogen and oxygen atoms in total. The molecule has 4 heteroatoms. The first-order chi connectivity index (χ1) is 7.18. The molecule has 1 unspecified atom stereocenters. The van der Waals surface area contributed by atoms with E-state index in [4.69, 9.17) is 4.74 Å². The number of ether oxygens (including phenoxy) is 1. The zero-order valence-electron chi connectivity index (χ0n) is 9.07. The van der Waals surface area contributed by atoms with Crippen molar-refractivity contribution in [1.29, 1.82) is 0 Å². The van der Waals surface area contributed by atoms with Crippen molar-refractivity contribution in [3.8, 4) is 0 Å². The largest absolute Gasteiger partial charge is 0.381 e. The van der Waals surface area contributed by atoms with Crippen LogP contribution in [0.5, 0.6) is 0 Å². The Kier molecular flexibility index (Phi) is 3.05. The Labute approximate surface area is 89.6 Å². The summed E-state index contributed by atoms with van der Waals surface area (Å²) in [6, 6.07) is 0.188. The van der Waals surface area contributed by atoms with Gasteiger partial charge >= 0.3 is 0 Å². The third-order valence-corrected chi connectivity index (χ3v) is 3.46. The topological polar surface area (TPSA) is 46.6 Å². The molecule has 0 N–H and O–H groups in total. The second kappa shape index (κ2) is 4.31. The summed E-state index contributed by atoms with van der Waals surface area (Å²) in [5.41, 5.74) is 0. The van der Waals surface area contributed by atoms with Crippen LogP contribution in [0.3, 0.4) is 0 Å². The number of ketones is 1. The first-order valence-corrected chi connectivity index (χ1v) is 5.57. The molecule has 0 saturated carbocycles. The number of hydrogen-bond acceptors (Lipinski definition) is 3. The van der Waals surface area contributed by atoms with E-state index < -0.39 is 0 Å². The molecule has 0 aromatic carbocycles. The van der Waals surface area contributed by atoms with Crippen molar-refractivity contribution in [3.05, 3.63) is 0 Å². The van der Waals surface area contributed by atoms with E-state index >= 15 is 0 Å². The fourth-order valence-corrected chi connectivity index (χ4v) is 2.43. The molecule has 0 spiro atoms. The number of hydrogen-bond donors (Lipinski definition) is 0. The molecule has 84 valence electrons. The summed E-state index contributed by atoms with van der Waals surface area (Å²) in [6.07, 6.45) is 2.10. The molecule has 0 radical (unpaired) electrons. The third kappa shape index (κ3) is 2.20. The normalized spacial score (nSPS) is 26.1. The van der Waals surface area contributed by atoms with Crippen LogP contribution in [0.15, 0.2) is 0 Å². The van der Waals surface area contributed by atoms with Crippen LogP contribution in [-0.4, -0.2) is 42.4 Å². The van der Waals surface area contributed by atoms with Crippen LogP contribution in [0.2, 0.25) is 0 Å². The summed E-state index contributed by atoms with van der Waals surface area (Å²) >= 11 is 0. The highest BCUT2D eigenvalue weighted by molar-refractivity contribution is 6.05. The molecule has 0 bridgehead atoms. The summed E-state index contributed by atoms with van der Waals surface area (Å²) in [5, 5.41) is 0. The van der Waals surface area contributed by atoms with Gasteiger partial charge in [0.05, 0.1) is 13.0 Å². The molecule has 2 fully saturated rings. The number of rotatable bonds is 2. The quantitative estimate of drug-likeness (QED) is 0.628. The molecule has 0 aromatic rings. The van der Waals surface area contributed by atoms with Crippen LogP contribution >= 0.6 is 0 Å². The average molecular weight is 211 g/mol. The zero-order valence-corrected chi connectivity index (χ0v) is 9.07. The van der Waals surface area contributed by atoms with E-state index in [1.165, 1.54) is 0 Å². The fraction of sp³-hybridized carbons (Fsp3) is 0.818. The standard InChI is InChI=1S/C11H17NO3/c1-8(9-2-4-15-5-3-9)12-7-10(13)6-11(12)14/h8-9H,2-7H2,1H3. The lowest BCUT2D eigenvalue weighted by Gasteiger charge is -2.33. The number of nitrogens with zero attached hydrogens (tertiary/aromatic N) is 1. The van der Waals surface area contributed by atoms with E-state index in [0.717, 1.165) is 26.1 Å². The molecular weight excluding hydrogens is 194 g/mol. The van der Waals surface area contributed by atoms with Crippen LogP contribution in [0.1, 0.15) is 26.2 Å². The van der Waals surface area contributed by atoms with E-state index in [0.29, 0.717) is 12.5 Å². The van der Waals surface area contributed by atoms with E-state index in [1.54, 1.807) is 4.90 Å². The zero-order chi connectivity index (χ0) is 10.8. The Morgan fingerprint density at radius 2 is 2.00 bits per heavy atom. The van der Waals surface area contributed by atoms with Crippen molar-refractivity contribution in [1.82, 2.24) is 4.90 Å². The van der Waals surface area contributed by atoms with Crippen molar-refractivity contribution in [2.45, 2.75) is 32.2 Å². The van der Waals surface area contributed by atoms with Crippen LogP contribution in [0.25, 0.3) is 0 Å². The molecule has 2 saturated heterocycles. The number of carbonyl (C=O) groups is 2. The molecule has 0 aromatic heterocycles. The van der Waals surface area contributed by atoms with Crippen molar-refractivity contribution >= 4 is 11.7 Å². The summed E-state index contributed by atoms with van der Waals surface area (Å²) < 4.78 is 5.29. The van der Waals surface area contributed by atoms with Crippen LogP contribution in [0, 0.1) is 5.92 Å². The number of Topliss-reactive ketones (excluding diaryl/α,β-unsaturated/α-hetero) is 1. The second-order valence-corrected chi connectivity index (χ2v) is 4.43. The van der Waals surface area contributed by atoms with Gasteiger partial charge in [-0.25, -0.2) is 0 Å². The minimum absolute atomic E-state index is 0.000933. The molecule has 15 heavy (non-hydrogen) atoms. The van der Waals surface area contributed by atoms with Crippen LogP contribution < -0.4 is 0 Å². The minimum Gasteiger partial charge on any atom is -0.381 e. The lowest BCUT2D eigenvalue weighted by molar-refractivity contribution is -0.131. The van der Waals surface area contributed by atoms with Gasteiger partial charge in [0.2, 0.25) is 5.91 Å². The van der Waals surface area contributed by atoms with Gasteiger partial charge < -0.3 is 9.64 Å². The Morgan fingerprint density at radius 3 is 2.53 bits per heavy atom. The summed E-state index contributed by atoms with van der Waals surface area (Å²) in [4.78, 5) is 24.4. The van der Waals surface area contributed by atoms with Crippen LogP contribution in [0.4, 0.5) is 0 Å². The minimum atomic E-state index is -0.000933. The lowest BCUT2D eigenvalue weighted by Crippen LogP contribution is -2.41. The van der Waals surface area contributed by atoms with E-state index in [9.17, 15) is 9.59 Å². The molecule has 2 rings (SSSR count). The predicted octanol–water partition coefficient (Wildman–Crippen LogP) is 0.603. The SMILES string of the molecule is CC(C1CCOCC1)N1CC(=O)CC1=O. The Balaban J connectivity index is 1.97. The van der Waals surface area contributed by atoms with Gasteiger partial charge in [0.25, 0.3) is 0 Å². The molecule has 2 aliphatic rings. The first-order valence-electron chi connectivity index (χ1n) is 5.57. The highest BCUT2D eigenvalue weighted by Crippen LogP contribution is 2.24. The summed E-state index contributed by atoms with van der Waals surface area (Å²) in [6.45, 7) is 3.93. The van der Waals surface area contributed by atoms with E-state index in [1.807, 2.05) is 6.92 Å². The van der Waals surface area contributed by atoms with Gasteiger partial charge in [0, 0.05) is 19.3 Å². The molecule has 2 heterocycles. The van der Waals surface area contributed by atoms with Crippen molar-refractivity contribution < 1.29 is 14.3 Å². The van der Waals surface area contributed by atoms with Gasteiger partial charge in [-0.15, -0.1) is 0 Å². The van der Waals surface area contributed by atoms with Crippen molar-refractivity contribution in [3.63, 3.8) is 0 Å². The Hall–Kier alpha value is -0.900. The van der Waals surface area contributed by atoms with Crippen molar-refractivity contribution in [2.75, 3.05) is 19.8 Å². The maximum atomic E-state index is 11.5. The summed E-state index contributed by atoms with van der Waals surface area (Å²) in [5.74, 6) is 0.548.